The van der Waals surface area contributed by atoms with Crippen LogP contribution in [-0.4, -0.2) is 37.2 Å². The van der Waals surface area contributed by atoms with Gasteiger partial charge in [-0.25, -0.2) is 0 Å². The van der Waals surface area contributed by atoms with Crippen LogP contribution in [0.4, 0.5) is 0 Å². The summed E-state index contributed by atoms with van der Waals surface area (Å²) in [6.45, 7) is 6.75. The van der Waals surface area contributed by atoms with Crippen molar-refractivity contribution in [3.05, 3.63) is 0 Å². The molecule has 0 fully saturated rings. The highest BCUT2D eigenvalue weighted by Crippen LogP contribution is 2.20. The fourth-order valence-corrected chi connectivity index (χ4v) is 12.3. The van der Waals surface area contributed by atoms with Crippen LogP contribution in [0.1, 0.15) is 457 Å². The summed E-state index contributed by atoms with van der Waals surface area (Å²) in [6, 6.07) is 0. The zero-order chi connectivity index (χ0) is 59.9. The van der Waals surface area contributed by atoms with E-state index < -0.39 is 6.10 Å². The van der Waals surface area contributed by atoms with Gasteiger partial charge in [-0.1, -0.05) is 419 Å². The summed E-state index contributed by atoms with van der Waals surface area (Å²) in [5.74, 6) is -0.817. The molecule has 0 spiro atoms. The second-order valence-corrected chi connectivity index (χ2v) is 26.6. The molecule has 0 saturated heterocycles. The molecule has 0 amide bonds. The molecule has 0 aliphatic heterocycles. The van der Waals surface area contributed by atoms with E-state index >= 15 is 0 Å². The second-order valence-electron chi connectivity index (χ2n) is 26.6. The predicted octanol–water partition coefficient (Wildman–Crippen LogP) is 26.6. The number of hydrogen-bond acceptors (Lipinski definition) is 6. The Balaban J connectivity index is 4.09. The first kappa shape index (κ1) is 81.4. The van der Waals surface area contributed by atoms with E-state index in [-0.39, 0.29) is 31.1 Å². The van der Waals surface area contributed by atoms with Gasteiger partial charge in [0.1, 0.15) is 13.2 Å². The Morgan fingerprint density at radius 1 is 0.193 bits per heavy atom. The summed E-state index contributed by atoms with van der Waals surface area (Å²) >= 11 is 0. The van der Waals surface area contributed by atoms with E-state index in [0.29, 0.717) is 19.3 Å². The van der Waals surface area contributed by atoms with Gasteiger partial charge in [-0.15, -0.1) is 0 Å². The molecule has 1 unspecified atom stereocenters. The Morgan fingerprint density at radius 3 is 0.482 bits per heavy atom. The number of hydrogen-bond donors (Lipinski definition) is 0. The minimum Gasteiger partial charge on any atom is -0.462 e. The average Bonchev–Trinajstić information content (AvgIpc) is 3.49. The van der Waals surface area contributed by atoms with Crippen molar-refractivity contribution in [3.63, 3.8) is 0 Å². The van der Waals surface area contributed by atoms with E-state index in [4.69, 9.17) is 14.2 Å². The van der Waals surface area contributed by atoms with Crippen LogP contribution >= 0.6 is 0 Å². The number of ether oxygens (including phenoxy) is 3. The Labute approximate surface area is 520 Å². The Morgan fingerprint density at radius 2 is 0.325 bits per heavy atom. The maximum Gasteiger partial charge on any atom is 0.306 e. The fourth-order valence-electron chi connectivity index (χ4n) is 12.3. The Kier molecular flexibility index (Phi) is 71.5. The molecule has 0 aliphatic carbocycles. The van der Waals surface area contributed by atoms with Gasteiger partial charge in [-0.2, -0.15) is 0 Å². The summed E-state index contributed by atoms with van der Waals surface area (Å²) in [4.78, 5) is 38.5. The molecular formula is C77H150O6. The highest BCUT2D eigenvalue weighted by molar-refractivity contribution is 5.71. The van der Waals surface area contributed by atoms with Crippen LogP contribution in [0.15, 0.2) is 0 Å². The smallest absolute Gasteiger partial charge is 0.306 e. The molecule has 0 rings (SSSR count). The molecule has 0 aliphatic rings. The summed E-state index contributed by atoms with van der Waals surface area (Å²) in [6.07, 6.45) is 87.4. The van der Waals surface area contributed by atoms with E-state index in [0.717, 1.165) is 57.8 Å². The number of unbranched alkanes of at least 4 members (excludes halogenated alkanes) is 62. The molecule has 1 atom stereocenters. The van der Waals surface area contributed by atoms with Crippen molar-refractivity contribution in [3.8, 4) is 0 Å². The second kappa shape index (κ2) is 72.9. The standard InChI is InChI=1S/C77H150O6/c1-4-7-10-13-16-19-22-25-27-29-31-33-34-35-36-37-38-39-40-41-42-43-44-46-47-49-52-55-58-61-64-67-70-76(79)82-73-74(72-81-75(78)69-66-63-60-57-54-51-24-21-18-15-12-9-6-3)83-77(80)71-68-65-62-59-56-53-50-48-45-32-30-28-26-23-20-17-14-11-8-5-2/h74H,4-73H2,1-3H3. The van der Waals surface area contributed by atoms with Gasteiger partial charge in [0.15, 0.2) is 6.10 Å². The maximum absolute atomic E-state index is 13.0. The first-order valence-electron chi connectivity index (χ1n) is 38.5. The van der Waals surface area contributed by atoms with Crippen LogP contribution in [-0.2, 0) is 28.6 Å². The molecule has 0 saturated carbocycles. The van der Waals surface area contributed by atoms with E-state index in [9.17, 15) is 14.4 Å². The van der Waals surface area contributed by atoms with Gasteiger partial charge in [-0.3, -0.25) is 14.4 Å². The molecule has 0 radical (unpaired) electrons. The van der Waals surface area contributed by atoms with Crippen molar-refractivity contribution in [1.29, 1.82) is 0 Å². The van der Waals surface area contributed by atoms with Crippen molar-refractivity contribution >= 4 is 17.9 Å². The van der Waals surface area contributed by atoms with Gasteiger partial charge >= 0.3 is 17.9 Å². The zero-order valence-electron chi connectivity index (χ0n) is 57.0. The molecular weight excluding hydrogens is 1020 g/mol. The Bertz CT molecular complexity index is 1250. The highest BCUT2D eigenvalue weighted by Gasteiger charge is 2.20. The van der Waals surface area contributed by atoms with E-state index in [1.54, 1.807) is 0 Å². The molecule has 0 heterocycles. The van der Waals surface area contributed by atoms with Crippen molar-refractivity contribution in [2.45, 2.75) is 463 Å². The molecule has 494 valence electrons. The van der Waals surface area contributed by atoms with Crippen LogP contribution in [0.25, 0.3) is 0 Å². The molecule has 0 N–H and O–H groups in total. The van der Waals surface area contributed by atoms with Crippen LogP contribution in [0.5, 0.6) is 0 Å². The van der Waals surface area contributed by atoms with Gasteiger partial charge in [0.05, 0.1) is 0 Å². The summed E-state index contributed by atoms with van der Waals surface area (Å²) < 4.78 is 17.0. The lowest BCUT2D eigenvalue weighted by molar-refractivity contribution is -0.167. The summed E-state index contributed by atoms with van der Waals surface area (Å²) in [7, 11) is 0. The molecule has 0 aromatic rings. The first-order valence-corrected chi connectivity index (χ1v) is 38.5. The average molecular weight is 1170 g/mol. The van der Waals surface area contributed by atoms with Crippen molar-refractivity contribution in [2.75, 3.05) is 13.2 Å². The van der Waals surface area contributed by atoms with Gasteiger partial charge in [0.25, 0.3) is 0 Å². The largest absolute Gasteiger partial charge is 0.462 e. The van der Waals surface area contributed by atoms with Crippen LogP contribution in [0.3, 0.4) is 0 Å². The van der Waals surface area contributed by atoms with Crippen LogP contribution in [0.2, 0.25) is 0 Å². The van der Waals surface area contributed by atoms with E-state index in [2.05, 4.69) is 20.8 Å². The molecule has 6 heteroatoms. The third-order valence-electron chi connectivity index (χ3n) is 18.1. The highest BCUT2D eigenvalue weighted by atomic mass is 16.6. The number of carbonyl (C=O) groups is 3. The van der Waals surface area contributed by atoms with Gasteiger partial charge < -0.3 is 14.2 Å². The number of esters is 3. The summed E-state index contributed by atoms with van der Waals surface area (Å²) in [5.41, 5.74) is 0. The molecule has 83 heavy (non-hydrogen) atoms. The molecule has 0 aromatic heterocycles. The fraction of sp³-hybridized carbons (Fsp3) is 0.961. The van der Waals surface area contributed by atoms with Gasteiger partial charge in [0.2, 0.25) is 0 Å². The molecule has 6 nitrogen and oxygen atoms in total. The minimum atomic E-state index is -0.764. The van der Waals surface area contributed by atoms with E-state index in [1.807, 2.05) is 0 Å². The lowest BCUT2D eigenvalue weighted by Crippen LogP contribution is -2.30. The monoisotopic (exact) mass is 1170 g/mol. The van der Waals surface area contributed by atoms with Crippen molar-refractivity contribution < 1.29 is 28.6 Å². The van der Waals surface area contributed by atoms with Crippen molar-refractivity contribution in [2.24, 2.45) is 0 Å². The molecule has 0 aromatic carbocycles. The topological polar surface area (TPSA) is 78.9 Å². The van der Waals surface area contributed by atoms with Crippen LogP contribution < -0.4 is 0 Å². The number of rotatable bonds is 73. The maximum atomic E-state index is 13.0. The quantitative estimate of drug-likeness (QED) is 0.0343. The van der Waals surface area contributed by atoms with E-state index in [1.165, 1.54) is 360 Å². The normalized spacial score (nSPS) is 11.9. The SMILES string of the molecule is CCCCCCCCCCCCCCCCCCCCCCCCCCCCCCCCCCC(=O)OCC(COC(=O)CCCCCCCCCCCCCCC)OC(=O)CCCCCCCCCCCCCCCCCCCCCC. The zero-order valence-corrected chi connectivity index (χ0v) is 57.0. The third kappa shape index (κ3) is 71.1. The lowest BCUT2D eigenvalue weighted by atomic mass is 10.0. The van der Waals surface area contributed by atoms with Gasteiger partial charge in [-0.05, 0) is 19.3 Å². The first-order chi connectivity index (χ1) is 41.0. The van der Waals surface area contributed by atoms with Crippen LogP contribution in [0, 0.1) is 0 Å². The third-order valence-corrected chi connectivity index (χ3v) is 18.1. The summed E-state index contributed by atoms with van der Waals surface area (Å²) in [5, 5.41) is 0. The van der Waals surface area contributed by atoms with Crippen molar-refractivity contribution in [1.82, 2.24) is 0 Å². The Hall–Kier alpha value is -1.59. The number of carbonyl (C=O) groups excluding carboxylic acids is 3. The lowest BCUT2D eigenvalue weighted by Gasteiger charge is -2.18. The minimum absolute atomic E-state index is 0.0600. The molecule has 0 bridgehead atoms. The predicted molar refractivity (Wildman–Crippen MR) is 363 cm³/mol. The van der Waals surface area contributed by atoms with Gasteiger partial charge in [0, 0.05) is 19.3 Å².